The van der Waals surface area contributed by atoms with E-state index in [9.17, 15) is 0 Å². The van der Waals surface area contributed by atoms with Crippen LogP contribution in [0, 0.1) is 0 Å². The number of thiazole rings is 1. The van der Waals surface area contributed by atoms with E-state index < -0.39 is 0 Å². The molecule has 3 heterocycles. The van der Waals surface area contributed by atoms with Gasteiger partial charge in [0.1, 0.15) is 17.0 Å². The van der Waals surface area contributed by atoms with Crippen LogP contribution >= 0.6 is 22.7 Å². The molecule has 9 heteroatoms. The van der Waals surface area contributed by atoms with E-state index >= 15 is 0 Å². The first-order valence-electron chi connectivity index (χ1n) is 6.94. The molecule has 0 saturated carbocycles. The fourth-order valence-corrected chi connectivity index (χ4v) is 3.71. The number of nitrogens with zero attached hydrogens (tertiary/aromatic N) is 3. The maximum Gasteiger partial charge on any atom is 0.322 e. The Morgan fingerprint density at radius 2 is 2.08 bits per heavy atom. The lowest BCUT2D eigenvalue weighted by Gasteiger charge is -2.03. The van der Waals surface area contributed by atoms with Crippen molar-refractivity contribution in [1.29, 1.82) is 0 Å². The molecule has 0 aliphatic heterocycles. The molecule has 0 fully saturated rings. The van der Waals surface area contributed by atoms with Crippen LogP contribution in [0.4, 0.5) is 11.1 Å². The van der Waals surface area contributed by atoms with Crippen molar-refractivity contribution >= 4 is 44.0 Å². The summed E-state index contributed by atoms with van der Waals surface area (Å²) in [6, 6.07) is 7.86. The number of benzene rings is 1. The highest BCUT2D eigenvalue weighted by atomic mass is 32.1. The minimum absolute atomic E-state index is 0.295. The monoisotopic (exact) mass is 360 g/mol. The van der Waals surface area contributed by atoms with Crippen molar-refractivity contribution in [2.24, 2.45) is 0 Å². The number of methoxy groups -OCH3 is 2. The first-order chi connectivity index (χ1) is 11.8. The Hall–Kier alpha value is -2.65. The molecular formula is C15H12N4O3S2. The second-order valence-corrected chi connectivity index (χ2v) is 6.69. The van der Waals surface area contributed by atoms with Crippen molar-refractivity contribution in [2.75, 3.05) is 19.5 Å². The third-order valence-electron chi connectivity index (χ3n) is 3.26. The Labute approximate surface area is 144 Å². The summed E-state index contributed by atoms with van der Waals surface area (Å²) in [4.78, 5) is 5.45. The number of fused-ring (bicyclic) bond motifs is 1. The van der Waals surface area contributed by atoms with E-state index in [2.05, 4.69) is 20.5 Å². The summed E-state index contributed by atoms with van der Waals surface area (Å²) in [5.41, 5.74) is 0.754. The molecule has 0 unspecified atom stereocenters. The molecule has 4 aromatic rings. The number of nitrogens with one attached hydrogen (secondary N) is 1. The lowest BCUT2D eigenvalue weighted by molar-refractivity contribution is 0.397. The summed E-state index contributed by atoms with van der Waals surface area (Å²) in [5.74, 6) is 1.85. The van der Waals surface area contributed by atoms with Crippen LogP contribution in [0.25, 0.3) is 21.0 Å². The molecule has 1 aromatic carbocycles. The lowest BCUT2D eigenvalue weighted by atomic mass is 10.3. The van der Waals surface area contributed by atoms with Gasteiger partial charge in [-0.25, -0.2) is 4.98 Å². The molecule has 4 rings (SSSR count). The molecule has 7 nitrogen and oxygen atoms in total. The van der Waals surface area contributed by atoms with Crippen LogP contribution in [-0.2, 0) is 0 Å². The average Bonchev–Trinajstić information content (AvgIpc) is 3.33. The van der Waals surface area contributed by atoms with Crippen molar-refractivity contribution in [3.05, 3.63) is 29.6 Å². The van der Waals surface area contributed by atoms with Crippen molar-refractivity contribution in [3.63, 3.8) is 0 Å². The normalized spacial score (nSPS) is 10.9. The number of rotatable bonds is 5. The molecule has 1 N–H and O–H groups in total. The second-order valence-electron chi connectivity index (χ2n) is 4.71. The summed E-state index contributed by atoms with van der Waals surface area (Å²) >= 11 is 2.99. The fraction of sp³-hybridized carbons (Fsp3) is 0.133. The van der Waals surface area contributed by atoms with Gasteiger partial charge in [0, 0.05) is 6.07 Å². The van der Waals surface area contributed by atoms with Gasteiger partial charge in [0.25, 0.3) is 5.89 Å². The number of aromatic nitrogens is 3. The third-order valence-corrected chi connectivity index (χ3v) is 5.04. The molecule has 0 spiro atoms. The van der Waals surface area contributed by atoms with Crippen LogP contribution in [0.3, 0.4) is 0 Å². The van der Waals surface area contributed by atoms with Crippen molar-refractivity contribution in [2.45, 2.75) is 0 Å². The maximum absolute atomic E-state index is 5.62. The topological polar surface area (TPSA) is 82.3 Å². The summed E-state index contributed by atoms with van der Waals surface area (Å²) in [7, 11) is 3.22. The maximum atomic E-state index is 5.62. The van der Waals surface area contributed by atoms with E-state index in [0.29, 0.717) is 28.5 Å². The van der Waals surface area contributed by atoms with Crippen molar-refractivity contribution in [3.8, 4) is 22.3 Å². The minimum atomic E-state index is 0.295. The molecule has 3 aromatic heterocycles. The molecule has 0 aliphatic carbocycles. The van der Waals surface area contributed by atoms with Gasteiger partial charge in [0.05, 0.1) is 23.8 Å². The molecule has 122 valence electrons. The third kappa shape index (κ3) is 2.68. The van der Waals surface area contributed by atoms with Crippen LogP contribution in [0.1, 0.15) is 0 Å². The highest BCUT2D eigenvalue weighted by Gasteiger charge is 2.14. The Balaban J connectivity index is 1.65. The molecular weight excluding hydrogens is 348 g/mol. The Morgan fingerprint density at radius 1 is 1.17 bits per heavy atom. The van der Waals surface area contributed by atoms with E-state index in [1.807, 2.05) is 23.6 Å². The van der Waals surface area contributed by atoms with Gasteiger partial charge < -0.3 is 13.9 Å². The van der Waals surface area contributed by atoms with Crippen LogP contribution in [0.15, 0.2) is 34.1 Å². The minimum Gasteiger partial charge on any atom is -0.497 e. The smallest absolute Gasteiger partial charge is 0.322 e. The van der Waals surface area contributed by atoms with Gasteiger partial charge in [-0.1, -0.05) is 22.5 Å². The molecule has 24 heavy (non-hydrogen) atoms. The van der Waals surface area contributed by atoms with Crippen LogP contribution in [0.5, 0.6) is 11.5 Å². The Kier molecular flexibility index (Phi) is 3.79. The van der Waals surface area contributed by atoms with Gasteiger partial charge in [0.15, 0.2) is 5.13 Å². The zero-order valence-corrected chi connectivity index (χ0v) is 14.4. The predicted octanol–water partition coefficient (Wildman–Crippen LogP) is 4.17. The number of hydrogen-bond donors (Lipinski definition) is 1. The lowest BCUT2D eigenvalue weighted by Crippen LogP contribution is -1.90. The quantitative estimate of drug-likeness (QED) is 0.572. The highest BCUT2D eigenvalue weighted by molar-refractivity contribution is 7.22. The summed E-state index contributed by atoms with van der Waals surface area (Å²) in [6.07, 6.45) is 0. The zero-order valence-electron chi connectivity index (χ0n) is 12.8. The molecule has 0 atom stereocenters. The van der Waals surface area contributed by atoms with Crippen LogP contribution in [0.2, 0.25) is 0 Å². The van der Waals surface area contributed by atoms with E-state index in [-0.39, 0.29) is 0 Å². The zero-order chi connectivity index (χ0) is 16.5. The number of anilines is 2. The molecule has 0 aliphatic rings. The van der Waals surface area contributed by atoms with Gasteiger partial charge in [0.2, 0.25) is 0 Å². The number of thiophene rings is 1. The Bertz CT molecular complexity index is 978. The summed E-state index contributed by atoms with van der Waals surface area (Å²) < 4.78 is 17.2. The van der Waals surface area contributed by atoms with Gasteiger partial charge in [-0.05, 0) is 17.5 Å². The summed E-state index contributed by atoms with van der Waals surface area (Å²) in [5, 5.41) is 13.7. The Morgan fingerprint density at radius 3 is 2.83 bits per heavy atom. The first-order valence-corrected chi connectivity index (χ1v) is 8.63. The summed E-state index contributed by atoms with van der Waals surface area (Å²) in [6.45, 7) is 0. The van der Waals surface area contributed by atoms with Gasteiger partial charge >= 0.3 is 6.01 Å². The van der Waals surface area contributed by atoms with E-state index in [1.54, 1.807) is 31.6 Å². The van der Waals surface area contributed by atoms with Crippen molar-refractivity contribution in [1.82, 2.24) is 15.2 Å². The average molecular weight is 360 g/mol. The largest absolute Gasteiger partial charge is 0.497 e. The molecule has 0 saturated heterocycles. The van der Waals surface area contributed by atoms with Gasteiger partial charge in [-0.2, -0.15) is 0 Å². The predicted molar refractivity (Wildman–Crippen MR) is 93.6 cm³/mol. The highest BCUT2D eigenvalue weighted by Crippen LogP contribution is 2.37. The van der Waals surface area contributed by atoms with Gasteiger partial charge in [-0.15, -0.1) is 16.4 Å². The van der Waals surface area contributed by atoms with Crippen LogP contribution in [-0.4, -0.2) is 29.4 Å². The van der Waals surface area contributed by atoms with E-state index in [4.69, 9.17) is 13.9 Å². The molecule has 0 amide bonds. The number of ether oxygens (including phenoxy) is 2. The first kappa shape index (κ1) is 14.9. The SMILES string of the molecule is COc1cc(OC)c2nc(Nc3nnc(-c4cccs4)o3)sc2c1. The van der Waals surface area contributed by atoms with E-state index in [1.165, 1.54) is 11.3 Å². The second kappa shape index (κ2) is 6.10. The fourth-order valence-electron chi connectivity index (χ4n) is 2.17. The molecule has 0 radical (unpaired) electrons. The molecule has 0 bridgehead atoms. The standard InChI is InChI=1S/C15H12N4O3S2/c1-20-8-6-9(21-2)12-11(7-8)24-15(16-12)17-14-19-18-13(22-14)10-4-3-5-23-10/h3-7H,1-2H3,(H,16,17,19). The van der Waals surface area contributed by atoms with Crippen LogP contribution < -0.4 is 14.8 Å². The van der Waals surface area contributed by atoms with Gasteiger partial charge in [-0.3, -0.25) is 5.32 Å². The number of hydrogen-bond acceptors (Lipinski definition) is 9. The van der Waals surface area contributed by atoms with E-state index in [0.717, 1.165) is 15.1 Å². The van der Waals surface area contributed by atoms with Crippen molar-refractivity contribution < 1.29 is 13.9 Å².